The van der Waals surface area contributed by atoms with Gasteiger partial charge in [0.25, 0.3) is 0 Å². The van der Waals surface area contributed by atoms with Crippen molar-refractivity contribution in [2.75, 3.05) is 13.2 Å². The lowest BCUT2D eigenvalue weighted by atomic mass is 10.1. The van der Waals surface area contributed by atoms with Crippen molar-refractivity contribution in [3.8, 4) is 0 Å². The Hall–Kier alpha value is -1.54. The SMILES string of the molecule is C=CC.C=Cc1c(C)c(C)n(CCOCC)c1/C=C\C. The van der Waals surface area contributed by atoms with Crippen molar-refractivity contribution in [1.82, 2.24) is 4.57 Å². The summed E-state index contributed by atoms with van der Waals surface area (Å²) in [5, 5.41) is 0. The van der Waals surface area contributed by atoms with Gasteiger partial charge < -0.3 is 9.30 Å². The minimum Gasteiger partial charge on any atom is -0.380 e. The zero-order valence-electron chi connectivity index (χ0n) is 13.7. The second-order valence-electron chi connectivity index (χ2n) is 4.47. The largest absolute Gasteiger partial charge is 0.380 e. The summed E-state index contributed by atoms with van der Waals surface area (Å²) in [6, 6.07) is 0. The lowest BCUT2D eigenvalue weighted by Crippen LogP contribution is -2.09. The molecule has 1 aromatic rings. The Labute approximate surface area is 124 Å². The van der Waals surface area contributed by atoms with Crippen LogP contribution < -0.4 is 0 Å². The molecule has 0 aliphatic rings. The van der Waals surface area contributed by atoms with Crippen LogP contribution in [0.4, 0.5) is 0 Å². The molecule has 0 bridgehead atoms. The topological polar surface area (TPSA) is 14.2 Å². The Morgan fingerprint density at radius 1 is 1.20 bits per heavy atom. The Morgan fingerprint density at radius 3 is 2.25 bits per heavy atom. The van der Waals surface area contributed by atoms with Gasteiger partial charge in [0.2, 0.25) is 0 Å². The van der Waals surface area contributed by atoms with E-state index in [4.69, 9.17) is 4.74 Å². The summed E-state index contributed by atoms with van der Waals surface area (Å²) in [5.41, 5.74) is 5.08. The van der Waals surface area contributed by atoms with Crippen molar-refractivity contribution in [2.24, 2.45) is 0 Å². The van der Waals surface area contributed by atoms with Gasteiger partial charge in [-0.25, -0.2) is 0 Å². The minimum absolute atomic E-state index is 0.757. The molecule has 0 aliphatic heterocycles. The summed E-state index contributed by atoms with van der Waals surface area (Å²) in [6.45, 7) is 19.9. The van der Waals surface area contributed by atoms with Crippen molar-refractivity contribution in [3.05, 3.63) is 47.8 Å². The van der Waals surface area contributed by atoms with Crippen LogP contribution in [0.2, 0.25) is 0 Å². The molecule has 1 rings (SSSR count). The third-order valence-corrected chi connectivity index (χ3v) is 3.11. The molecule has 0 aliphatic carbocycles. The summed E-state index contributed by atoms with van der Waals surface area (Å²) in [7, 11) is 0. The van der Waals surface area contributed by atoms with E-state index in [0.29, 0.717) is 0 Å². The number of hydrogen-bond donors (Lipinski definition) is 0. The van der Waals surface area contributed by atoms with Crippen LogP contribution in [-0.4, -0.2) is 17.8 Å². The van der Waals surface area contributed by atoms with E-state index in [-0.39, 0.29) is 0 Å². The first-order chi connectivity index (χ1) is 9.58. The third-order valence-electron chi connectivity index (χ3n) is 3.11. The third kappa shape index (κ3) is 4.86. The van der Waals surface area contributed by atoms with Crippen LogP contribution in [0.1, 0.15) is 43.3 Å². The van der Waals surface area contributed by atoms with Gasteiger partial charge in [-0.2, -0.15) is 0 Å². The Bertz CT molecular complexity index is 452. The van der Waals surface area contributed by atoms with Gasteiger partial charge >= 0.3 is 0 Å². The first-order valence-corrected chi connectivity index (χ1v) is 7.18. The maximum Gasteiger partial charge on any atom is 0.0645 e. The van der Waals surface area contributed by atoms with E-state index in [1.54, 1.807) is 6.08 Å². The zero-order chi connectivity index (χ0) is 15.5. The summed E-state index contributed by atoms with van der Waals surface area (Å²) in [4.78, 5) is 0. The predicted molar refractivity (Wildman–Crippen MR) is 91.1 cm³/mol. The van der Waals surface area contributed by atoms with Gasteiger partial charge in [0.1, 0.15) is 0 Å². The predicted octanol–water partition coefficient (Wildman–Crippen LogP) is 5.01. The molecule has 0 fully saturated rings. The fraction of sp³-hybridized carbons (Fsp3) is 0.444. The molecule has 1 heterocycles. The highest BCUT2D eigenvalue weighted by molar-refractivity contribution is 5.67. The second-order valence-corrected chi connectivity index (χ2v) is 4.47. The van der Waals surface area contributed by atoms with Gasteiger partial charge in [-0.1, -0.05) is 24.8 Å². The van der Waals surface area contributed by atoms with Gasteiger partial charge in [0.15, 0.2) is 0 Å². The lowest BCUT2D eigenvalue weighted by Gasteiger charge is -2.10. The van der Waals surface area contributed by atoms with Crippen LogP contribution in [0.15, 0.2) is 25.3 Å². The molecular weight excluding hydrogens is 246 g/mol. The molecule has 0 N–H and O–H groups in total. The average Bonchev–Trinajstić information content (AvgIpc) is 2.65. The summed E-state index contributed by atoms with van der Waals surface area (Å²) >= 11 is 0. The Morgan fingerprint density at radius 2 is 1.80 bits per heavy atom. The normalized spacial score (nSPS) is 10.2. The first kappa shape index (κ1) is 18.5. The van der Waals surface area contributed by atoms with Crippen molar-refractivity contribution >= 4 is 12.2 Å². The fourth-order valence-corrected chi connectivity index (χ4v) is 2.10. The maximum absolute atomic E-state index is 5.44. The molecule has 2 heteroatoms. The van der Waals surface area contributed by atoms with E-state index in [0.717, 1.165) is 19.8 Å². The Kier molecular flexibility index (Phi) is 9.48. The van der Waals surface area contributed by atoms with Crippen molar-refractivity contribution < 1.29 is 4.74 Å². The molecule has 112 valence electrons. The second kappa shape index (κ2) is 10.3. The molecule has 0 saturated carbocycles. The molecule has 1 aromatic heterocycles. The standard InChI is InChI=1S/C15H23NO.C3H6/c1-6-9-15-14(7-2)12(4)13(5)16(15)10-11-17-8-3;1-3-2/h6-7,9H,2,8,10-11H2,1,3-5H3;3H,1H2,2H3/b9-6-;. The molecule has 0 saturated heterocycles. The highest BCUT2D eigenvalue weighted by Gasteiger charge is 2.12. The molecule has 0 atom stereocenters. The van der Waals surface area contributed by atoms with Crippen molar-refractivity contribution in [3.63, 3.8) is 0 Å². The van der Waals surface area contributed by atoms with E-state index < -0.39 is 0 Å². The van der Waals surface area contributed by atoms with E-state index >= 15 is 0 Å². The minimum atomic E-state index is 0.757. The highest BCUT2D eigenvalue weighted by Crippen LogP contribution is 2.24. The van der Waals surface area contributed by atoms with Crippen LogP contribution in [0.25, 0.3) is 12.2 Å². The molecule has 0 unspecified atom stereocenters. The summed E-state index contributed by atoms with van der Waals surface area (Å²) in [6.07, 6.45) is 7.90. The molecule has 2 nitrogen and oxygen atoms in total. The van der Waals surface area contributed by atoms with E-state index in [2.05, 4.69) is 43.7 Å². The fourth-order valence-electron chi connectivity index (χ4n) is 2.10. The van der Waals surface area contributed by atoms with Gasteiger partial charge in [-0.15, -0.1) is 6.58 Å². The monoisotopic (exact) mass is 275 g/mol. The molecule has 0 amide bonds. The first-order valence-electron chi connectivity index (χ1n) is 7.18. The molecule has 0 spiro atoms. The quantitative estimate of drug-likeness (QED) is 0.526. The van der Waals surface area contributed by atoms with Crippen LogP contribution in [-0.2, 0) is 11.3 Å². The van der Waals surface area contributed by atoms with E-state index in [9.17, 15) is 0 Å². The summed E-state index contributed by atoms with van der Waals surface area (Å²) < 4.78 is 7.75. The summed E-state index contributed by atoms with van der Waals surface area (Å²) in [5.74, 6) is 0. The lowest BCUT2D eigenvalue weighted by molar-refractivity contribution is 0.138. The van der Waals surface area contributed by atoms with E-state index in [1.807, 2.05) is 26.8 Å². The number of ether oxygens (including phenoxy) is 1. The number of nitrogens with zero attached hydrogens (tertiary/aromatic N) is 1. The molecule has 0 aromatic carbocycles. The van der Waals surface area contributed by atoms with Crippen molar-refractivity contribution in [2.45, 2.75) is 41.2 Å². The van der Waals surface area contributed by atoms with Crippen LogP contribution in [0.5, 0.6) is 0 Å². The van der Waals surface area contributed by atoms with Gasteiger partial charge in [-0.05, 0) is 46.3 Å². The van der Waals surface area contributed by atoms with Gasteiger partial charge in [0, 0.05) is 30.1 Å². The van der Waals surface area contributed by atoms with Crippen LogP contribution in [0, 0.1) is 13.8 Å². The van der Waals surface area contributed by atoms with E-state index in [1.165, 1.54) is 22.5 Å². The van der Waals surface area contributed by atoms with Crippen LogP contribution in [0.3, 0.4) is 0 Å². The number of hydrogen-bond acceptors (Lipinski definition) is 1. The van der Waals surface area contributed by atoms with Crippen LogP contribution >= 0.6 is 0 Å². The molecular formula is C18H29NO. The molecule has 20 heavy (non-hydrogen) atoms. The highest BCUT2D eigenvalue weighted by atomic mass is 16.5. The maximum atomic E-state index is 5.44. The van der Waals surface area contributed by atoms with Crippen molar-refractivity contribution in [1.29, 1.82) is 0 Å². The Balaban J connectivity index is 0.00000110. The smallest absolute Gasteiger partial charge is 0.0645 e. The number of aromatic nitrogens is 1. The number of allylic oxidation sites excluding steroid dienone is 2. The number of rotatable bonds is 6. The van der Waals surface area contributed by atoms with Gasteiger partial charge in [0.05, 0.1) is 6.61 Å². The zero-order valence-corrected chi connectivity index (χ0v) is 13.7. The average molecular weight is 275 g/mol. The molecule has 0 radical (unpaired) electrons. The van der Waals surface area contributed by atoms with Gasteiger partial charge in [-0.3, -0.25) is 0 Å².